The predicted molar refractivity (Wildman–Crippen MR) is 48.0 cm³/mol. The van der Waals surface area contributed by atoms with E-state index in [1.54, 1.807) is 0 Å². The van der Waals surface area contributed by atoms with Gasteiger partial charge in [-0.15, -0.1) is 0 Å². The third-order valence-electron chi connectivity index (χ3n) is 1.66. The fraction of sp³-hybridized carbons (Fsp3) is 0.750. The number of hydrogen-bond donors (Lipinski definition) is 1. The Bertz CT molecular complexity index is 192. The molecule has 0 atom stereocenters. The van der Waals surface area contributed by atoms with Gasteiger partial charge in [-0.3, -0.25) is 10.4 Å². The zero-order valence-corrected chi connectivity index (χ0v) is 7.39. The first kappa shape index (κ1) is 8.24. The highest BCUT2D eigenvalue weighted by atomic mass is 15.3. The molecule has 0 saturated heterocycles. The summed E-state index contributed by atoms with van der Waals surface area (Å²) in [6.45, 7) is 7.12. The van der Waals surface area contributed by atoms with E-state index in [9.17, 15) is 0 Å². The van der Waals surface area contributed by atoms with E-state index in [1.165, 1.54) is 0 Å². The summed E-state index contributed by atoms with van der Waals surface area (Å²) in [5.74, 6) is 1.45. The van der Waals surface area contributed by atoms with Crippen LogP contribution in [0.15, 0.2) is 10.1 Å². The Morgan fingerprint density at radius 1 is 1.45 bits per heavy atom. The first-order valence-corrected chi connectivity index (χ1v) is 4.03. The van der Waals surface area contributed by atoms with Gasteiger partial charge in [0.15, 0.2) is 0 Å². The van der Waals surface area contributed by atoms with E-state index < -0.39 is 0 Å². The van der Waals surface area contributed by atoms with E-state index in [-0.39, 0.29) is 0 Å². The molecule has 3 heteroatoms. The van der Waals surface area contributed by atoms with Gasteiger partial charge < -0.3 is 0 Å². The second-order valence-electron chi connectivity index (χ2n) is 3.13. The van der Waals surface area contributed by atoms with Crippen molar-refractivity contribution in [2.75, 3.05) is 6.54 Å². The lowest BCUT2D eigenvalue weighted by Crippen LogP contribution is -2.23. The van der Waals surface area contributed by atoms with Crippen LogP contribution in [-0.2, 0) is 0 Å². The average Bonchev–Trinajstić information content (AvgIpc) is 2.13. The summed E-state index contributed by atoms with van der Waals surface area (Å²) in [6, 6.07) is 0. The standard InChI is InChI=1S/C8H15N3/c1-6(2)8-9-5-4-7(3)10-11-8/h6H,4-5H2,1-3H3,(H,9,11). The molecule has 1 heterocycles. The van der Waals surface area contributed by atoms with Crippen LogP contribution in [0.1, 0.15) is 27.2 Å². The molecule has 1 N–H and O–H groups in total. The molecule has 1 rings (SSSR count). The smallest absolute Gasteiger partial charge is 0.119 e. The number of rotatable bonds is 1. The first-order valence-electron chi connectivity index (χ1n) is 4.03. The van der Waals surface area contributed by atoms with Crippen LogP contribution in [0.3, 0.4) is 0 Å². The van der Waals surface area contributed by atoms with Gasteiger partial charge in [-0.05, 0) is 6.92 Å². The van der Waals surface area contributed by atoms with Crippen molar-refractivity contribution in [1.82, 2.24) is 5.43 Å². The van der Waals surface area contributed by atoms with E-state index in [2.05, 4.69) is 29.4 Å². The SMILES string of the molecule is CC1=NNC(C(C)C)=NCC1. The number of aliphatic imine (C=N–C) groups is 1. The largest absolute Gasteiger partial charge is 0.270 e. The predicted octanol–water partition coefficient (Wildman–Crippen LogP) is 1.41. The van der Waals surface area contributed by atoms with E-state index in [0.717, 1.165) is 24.5 Å². The van der Waals surface area contributed by atoms with Crippen LogP contribution < -0.4 is 5.43 Å². The minimum atomic E-state index is 0.449. The van der Waals surface area contributed by atoms with Crippen LogP contribution in [-0.4, -0.2) is 18.1 Å². The topological polar surface area (TPSA) is 36.8 Å². The van der Waals surface area contributed by atoms with Crippen molar-refractivity contribution in [3.8, 4) is 0 Å². The lowest BCUT2D eigenvalue weighted by molar-refractivity contribution is 0.810. The van der Waals surface area contributed by atoms with Crippen LogP contribution in [0.4, 0.5) is 0 Å². The Morgan fingerprint density at radius 2 is 2.18 bits per heavy atom. The van der Waals surface area contributed by atoms with E-state index in [1.807, 2.05) is 6.92 Å². The van der Waals surface area contributed by atoms with E-state index in [0.29, 0.717) is 5.92 Å². The van der Waals surface area contributed by atoms with Gasteiger partial charge in [0.25, 0.3) is 0 Å². The van der Waals surface area contributed by atoms with Crippen molar-refractivity contribution < 1.29 is 0 Å². The lowest BCUT2D eigenvalue weighted by atomic mass is 10.2. The summed E-state index contributed by atoms with van der Waals surface area (Å²) >= 11 is 0. The highest BCUT2D eigenvalue weighted by Crippen LogP contribution is 1.99. The van der Waals surface area contributed by atoms with Gasteiger partial charge in [0.1, 0.15) is 5.84 Å². The molecule has 0 aromatic carbocycles. The van der Waals surface area contributed by atoms with Crippen LogP contribution in [0.2, 0.25) is 0 Å². The molecule has 11 heavy (non-hydrogen) atoms. The molecule has 1 aliphatic heterocycles. The van der Waals surface area contributed by atoms with E-state index in [4.69, 9.17) is 0 Å². The van der Waals surface area contributed by atoms with Gasteiger partial charge >= 0.3 is 0 Å². The molecule has 0 radical (unpaired) electrons. The molecule has 1 aliphatic rings. The summed E-state index contributed by atoms with van der Waals surface area (Å²) < 4.78 is 0. The molecule has 0 spiro atoms. The quantitative estimate of drug-likeness (QED) is 0.607. The Morgan fingerprint density at radius 3 is 2.82 bits per heavy atom. The molecule has 0 bridgehead atoms. The molecule has 0 aliphatic carbocycles. The van der Waals surface area contributed by atoms with Gasteiger partial charge in [0.05, 0.1) is 0 Å². The molecule has 0 amide bonds. The van der Waals surface area contributed by atoms with E-state index >= 15 is 0 Å². The number of hydrazone groups is 1. The van der Waals surface area contributed by atoms with Gasteiger partial charge in [-0.2, -0.15) is 5.10 Å². The monoisotopic (exact) mass is 153 g/mol. The third-order valence-corrected chi connectivity index (χ3v) is 1.66. The molecule has 0 unspecified atom stereocenters. The normalized spacial score (nSPS) is 18.5. The fourth-order valence-electron chi connectivity index (χ4n) is 0.894. The molecule has 62 valence electrons. The maximum Gasteiger partial charge on any atom is 0.119 e. The molecule has 0 aromatic heterocycles. The van der Waals surface area contributed by atoms with Crippen LogP contribution in [0.5, 0.6) is 0 Å². The second kappa shape index (κ2) is 3.51. The van der Waals surface area contributed by atoms with Crippen LogP contribution in [0, 0.1) is 5.92 Å². The van der Waals surface area contributed by atoms with Gasteiger partial charge in [-0.25, -0.2) is 0 Å². The van der Waals surface area contributed by atoms with Gasteiger partial charge in [0.2, 0.25) is 0 Å². The van der Waals surface area contributed by atoms with Crippen molar-refractivity contribution in [2.45, 2.75) is 27.2 Å². The van der Waals surface area contributed by atoms with Crippen molar-refractivity contribution in [2.24, 2.45) is 16.0 Å². The molecule has 0 aromatic rings. The molecular weight excluding hydrogens is 138 g/mol. The minimum absolute atomic E-state index is 0.449. The Kier molecular flexibility index (Phi) is 2.63. The molecule has 0 fully saturated rings. The maximum absolute atomic E-state index is 4.36. The third kappa shape index (κ3) is 2.33. The zero-order chi connectivity index (χ0) is 8.27. The number of nitrogens with zero attached hydrogens (tertiary/aromatic N) is 2. The van der Waals surface area contributed by atoms with Crippen molar-refractivity contribution in [3.63, 3.8) is 0 Å². The highest BCUT2D eigenvalue weighted by molar-refractivity contribution is 5.89. The Labute approximate surface area is 67.6 Å². The van der Waals surface area contributed by atoms with Crippen molar-refractivity contribution in [1.29, 1.82) is 0 Å². The summed E-state index contributed by atoms with van der Waals surface area (Å²) in [7, 11) is 0. The maximum atomic E-state index is 4.36. The van der Waals surface area contributed by atoms with Crippen LogP contribution >= 0.6 is 0 Å². The molecular formula is C8H15N3. The van der Waals surface area contributed by atoms with Gasteiger partial charge in [0, 0.05) is 24.6 Å². The molecule has 3 nitrogen and oxygen atoms in total. The fourth-order valence-corrected chi connectivity index (χ4v) is 0.894. The number of amidine groups is 1. The molecule has 0 saturated carbocycles. The van der Waals surface area contributed by atoms with Crippen molar-refractivity contribution >= 4 is 11.5 Å². The number of nitrogens with one attached hydrogen (secondary N) is 1. The first-order chi connectivity index (χ1) is 5.20. The zero-order valence-electron chi connectivity index (χ0n) is 7.39. The average molecular weight is 153 g/mol. The minimum Gasteiger partial charge on any atom is -0.270 e. The van der Waals surface area contributed by atoms with Gasteiger partial charge in [-0.1, -0.05) is 13.8 Å². The second-order valence-corrected chi connectivity index (χ2v) is 3.13. The Balaban J connectivity index is 2.62. The van der Waals surface area contributed by atoms with Crippen molar-refractivity contribution in [3.05, 3.63) is 0 Å². The summed E-state index contributed by atoms with van der Waals surface area (Å²) in [6.07, 6.45) is 0.975. The Hall–Kier alpha value is -0.860. The summed E-state index contributed by atoms with van der Waals surface area (Å²) in [5, 5.41) is 4.16. The lowest BCUT2D eigenvalue weighted by Gasteiger charge is -2.06. The highest BCUT2D eigenvalue weighted by Gasteiger charge is 2.06. The number of hydrogen-bond acceptors (Lipinski definition) is 3. The summed E-state index contributed by atoms with van der Waals surface area (Å²) in [5.41, 5.74) is 4.10. The summed E-state index contributed by atoms with van der Waals surface area (Å²) in [4.78, 5) is 4.36. The van der Waals surface area contributed by atoms with Crippen LogP contribution in [0.25, 0.3) is 0 Å².